The van der Waals surface area contributed by atoms with Gasteiger partial charge in [0.1, 0.15) is 0 Å². The zero-order valence-electron chi connectivity index (χ0n) is 10.7. The van der Waals surface area contributed by atoms with Gasteiger partial charge >= 0.3 is 0 Å². The molecule has 0 aliphatic rings. The Morgan fingerprint density at radius 2 is 2.00 bits per heavy atom. The number of benzene rings is 1. The lowest BCUT2D eigenvalue weighted by Crippen LogP contribution is -2.05. The quantitative estimate of drug-likeness (QED) is 0.753. The van der Waals surface area contributed by atoms with Crippen LogP contribution in [0.2, 0.25) is 0 Å². The van der Waals surface area contributed by atoms with Crippen molar-refractivity contribution in [3.8, 4) is 0 Å². The molecule has 0 aliphatic heterocycles. The summed E-state index contributed by atoms with van der Waals surface area (Å²) in [5.41, 5.74) is 4.52. The lowest BCUT2D eigenvalue weighted by molar-refractivity contribution is 0.656. The molecule has 0 bridgehead atoms. The molecule has 1 atom stereocenters. The van der Waals surface area contributed by atoms with Crippen molar-refractivity contribution in [2.75, 3.05) is 0 Å². The Morgan fingerprint density at radius 3 is 2.56 bits per heavy atom. The van der Waals surface area contributed by atoms with Crippen molar-refractivity contribution in [2.45, 2.75) is 32.7 Å². The van der Waals surface area contributed by atoms with Crippen molar-refractivity contribution in [2.24, 2.45) is 0 Å². The van der Waals surface area contributed by atoms with Gasteiger partial charge in [0.05, 0.1) is 17.6 Å². The van der Waals surface area contributed by atoms with E-state index in [2.05, 4.69) is 34.0 Å². The molecule has 0 saturated carbocycles. The fraction of sp³-hybridized carbons (Fsp3) is 0.357. The molecule has 1 aromatic carbocycles. The molecular formula is C14H16BrClN2. The zero-order valence-corrected chi connectivity index (χ0v) is 13.1. The van der Waals surface area contributed by atoms with Crippen molar-refractivity contribution in [3.63, 3.8) is 0 Å². The minimum absolute atomic E-state index is 0.00189. The van der Waals surface area contributed by atoms with E-state index >= 15 is 0 Å². The molecule has 2 aromatic rings. The van der Waals surface area contributed by atoms with Crippen molar-refractivity contribution < 1.29 is 0 Å². The van der Waals surface area contributed by atoms with Gasteiger partial charge in [-0.15, -0.1) is 11.6 Å². The Morgan fingerprint density at radius 1 is 1.33 bits per heavy atom. The number of aryl methyl sites for hydroxylation is 1. The van der Waals surface area contributed by atoms with Gasteiger partial charge in [-0.3, -0.25) is 4.68 Å². The molecule has 0 amide bonds. The van der Waals surface area contributed by atoms with Gasteiger partial charge in [0.15, 0.2) is 0 Å². The number of rotatable bonds is 3. The second kappa shape index (κ2) is 5.45. The van der Waals surface area contributed by atoms with Crippen LogP contribution in [0.5, 0.6) is 0 Å². The molecule has 96 valence electrons. The largest absolute Gasteiger partial charge is 0.265 e. The first-order valence-electron chi connectivity index (χ1n) is 5.92. The van der Waals surface area contributed by atoms with Gasteiger partial charge in [-0.2, -0.15) is 5.10 Å². The fourth-order valence-electron chi connectivity index (χ4n) is 2.23. The Labute approximate surface area is 121 Å². The summed E-state index contributed by atoms with van der Waals surface area (Å²) in [4.78, 5) is 0. The van der Waals surface area contributed by atoms with E-state index in [4.69, 9.17) is 11.6 Å². The summed E-state index contributed by atoms with van der Waals surface area (Å²) in [5.74, 6) is 0. The summed E-state index contributed by atoms with van der Waals surface area (Å²) in [6, 6.07) is 8.20. The van der Waals surface area contributed by atoms with E-state index in [-0.39, 0.29) is 5.38 Å². The summed E-state index contributed by atoms with van der Waals surface area (Å²) >= 11 is 9.76. The molecule has 2 rings (SSSR count). The summed E-state index contributed by atoms with van der Waals surface area (Å²) < 4.78 is 3.13. The molecule has 0 aliphatic carbocycles. The molecule has 0 saturated heterocycles. The van der Waals surface area contributed by atoms with E-state index in [1.54, 1.807) is 0 Å². The Kier molecular flexibility index (Phi) is 4.13. The number of aromatic nitrogens is 2. The smallest absolute Gasteiger partial charge is 0.0673 e. The summed E-state index contributed by atoms with van der Waals surface area (Å²) in [7, 11) is 0. The van der Waals surface area contributed by atoms with Gasteiger partial charge in [0, 0.05) is 15.7 Å². The van der Waals surface area contributed by atoms with Crippen molar-refractivity contribution in [1.29, 1.82) is 0 Å². The normalized spacial score (nSPS) is 12.7. The Bertz CT molecular complexity index is 561. The van der Waals surface area contributed by atoms with Crippen LogP contribution in [0.15, 0.2) is 28.7 Å². The van der Waals surface area contributed by atoms with Crippen LogP contribution < -0.4 is 0 Å². The van der Waals surface area contributed by atoms with Crippen LogP contribution in [-0.4, -0.2) is 9.78 Å². The summed E-state index contributed by atoms with van der Waals surface area (Å²) in [5, 5.41) is 4.58. The van der Waals surface area contributed by atoms with E-state index < -0.39 is 0 Å². The summed E-state index contributed by atoms with van der Waals surface area (Å²) in [6.45, 7) is 6.84. The Balaban J connectivity index is 2.36. The third kappa shape index (κ3) is 2.62. The molecule has 1 aromatic heterocycles. The van der Waals surface area contributed by atoms with Gasteiger partial charge in [-0.05, 0) is 32.4 Å². The molecule has 1 heterocycles. The van der Waals surface area contributed by atoms with E-state index in [0.29, 0.717) is 0 Å². The molecule has 0 spiro atoms. The third-order valence-electron chi connectivity index (χ3n) is 3.11. The van der Waals surface area contributed by atoms with E-state index in [1.807, 2.05) is 36.7 Å². The topological polar surface area (TPSA) is 17.8 Å². The van der Waals surface area contributed by atoms with Gasteiger partial charge < -0.3 is 0 Å². The molecular weight excluding hydrogens is 312 g/mol. The van der Waals surface area contributed by atoms with Gasteiger partial charge in [0.2, 0.25) is 0 Å². The maximum absolute atomic E-state index is 6.20. The molecule has 0 fully saturated rings. The minimum Gasteiger partial charge on any atom is -0.265 e. The molecule has 0 N–H and O–H groups in total. The number of nitrogens with zero attached hydrogens (tertiary/aromatic N) is 2. The lowest BCUT2D eigenvalue weighted by atomic mass is 10.1. The first kappa shape index (κ1) is 13.6. The second-order valence-electron chi connectivity index (χ2n) is 4.45. The maximum Gasteiger partial charge on any atom is 0.0673 e. The highest BCUT2D eigenvalue weighted by Crippen LogP contribution is 2.27. The minimum atomic E-state index is -0.00189. The van der Waals surface area contributed by atoms with Crippen LogP contribution in [0, 0.1) is 13.8 Å². The van der Waals surface area contributed by atoms with Crippen LogP contribution in [0.25, 0.3) is 0 Å². The highest BCUT2D eigenvalue weighted by Gasteiger charge is 2.16. The Hall–Kier alpha value is -0.800. The predicted molar refractivity (Wildman–Crippen MR) is 79.2 cm³/mol. The van der Waals surface area contributed by atoms with Crippen LogP contribution in [0.3, 0.4) is 0 Å². The van der Waals surface area contributed by atoms with Gasteiger partial charge in [-0.25, -0.2) is 0 Å². The molecule has 0 radical (unpaired) electrons. The summed E-state index contributed by atoms with van der Waals surface area (Å²) in [6.07, 6.45) is 0. The third-order valence-corrected chi connectivity index (χ3v) is 4.11. The molecule has 2 nitrogen and oxygen atoms in total. The average Bonchev–Trinajstić information content (AvgIpc) is 2.57. The van der Waals surface area contributed by atoms with E-state index in [9.17, 15) is 0 Å². The van der Waals surface area contributed by atoms with Crippen molar-refractivity contribution >= 4 is 27.5 Å². The average molecular weight is 328 g/mol. The fourth-order valence-corrected chi connectivity index (χ4v) is 2.95. The molecule has 4 heteroatoms. The number of halogens is 2. The highest BCUT2D eigenvalue weighted by molar-refractivity contribution is 9.10. The zero-order chi connectivity index (χ0) is 13.3. The predicted octanol–water partition coefficient (Wildman–Crippen LogP) is 4.61. The molecule has 18 heavy (non-hydrogen) atoms. The van der Waals surface area contributed by atoms with Crippen molar-refractivity contribution in [3.05, 3.63) is 51.3 Å². The van der Waals surface area contributed by atoms with Gasteiger partial charge in [-0.1, -0.05) is 34.1 Å². The lowest BCUT2D eigenvalue weighted by Gasteiger charge is -2.08. The standard InChI is InChI=1S/C14H16BrClN2/c1-9(16)14-10(2)17-18(11(14)3)8-12-6-4-5-7-13(12)15/h4-7,9H,8H2,1-3H3. The first-order chi connectivity index (χ1) is 8.50. The van der Waals surface area contributed by atoms with Crippen LogP contribution >= 0.6 is 27.5 Å². The van der Waals surface area contributed by atoms with E-state index in [1.165, 1.54) is 5.56 Å². The highest BCUT2D eigenvalue weighted by atomic mass is 79.9. The SMILES string of the molecule is Cc1nn(Cc2ccccc2Br)c(C)c1C(C)Cl. The van der Waals surface area contributed by atoms with Gasteiger partial charge in [0.25, 0.3) is 0 Å². The molecule has 1 unspecified atom stereocenters. The van der Waals surface area contributed by atoms with Crippen LogP contribution in [0.1, 0.15) is 34.8 Å². The van der Waals surface area contributed by atoms with Crippen LogP contribution in [-0.2, 0) is 6.54 Å². The first-order valence-corrected chi connectivity index (χ1v) is 7.15. The maximum atomic E-state index is 6.20. The van der Waals surface area contributed by atoms with Crippen LogP contribution in [0.4, 0.5) is 0 Å². The number of hydrogen-bond acceptors (Lipinski definition) is 1. The monoisotopic (exact) mass is 326 g/mol. The number of hydrogen-bond donors (Lipinski definition) is 0. The van der Waals surface area contributed by atoms with Crippen molar-refractivity contribution in [1.82, 2.24) is 9.78 Å². The number of alkyl halides is 1. The van der Waals surface area contributed by atoms with E-state index in [0.717, 1.165) is 28.0 Å². The second-order valence-corrected chi connectivity index (χ2v) is 5.96.